The molecule has 2 saturated heterocycles. The summed E-state index contributed by atoms with van der Waals surface area (Å²) in [4.78, 5) is 28.3. The first-order valence-electron chi connectivity index (χ1n) is 13.4. The van der Waals surface area contributed by atoms with E-state index in [0.717, 1.165) is 57.8 Å². The van der Waals surface area contributed by atoms with Crippen molar-refractivity contribution in [2.75, 3.05) is 6.61 Å². The van der Waals surface area contributed by atoms with Gasteiger partial charge in [-0.1, -0.05) is 61.0 Å². The number of Topliss-reactive ketones (excluding diaryl/α,β-unsaturated/α-hetero) is 1. The maximum atomic E-state index is 13.4. The molecule has 0 radical (unpaired) electrons. The van der Waals surface area contributed by atoms with Crippen LogP contribution in [-0.2, 0) is 9.53 Å². The number of carbonyl (C=O) groups is 2. The van der Waals surface area contributed by atoms with Gasteiger partial charge in [0.2, 0.25) is 0 Å². The lowest BCUT2D eigenvalue weighted by atomic mass is 9.76. The van der Waals surface area contributed by atoms with Crippen molar-refractivity contribution in [2.24, 2.45) is 5.92 Å². The van der Waals surface area contributed by atoms with E-state index in [2.05, 4.69) is 55.1 Å². The van der Waals surface area contributed by atoms with Crippen molar-refractivity contribution < 1.29 is 14.3 Å². The number of allylic oxidation sites excluding steroid dienone is 1. The number of fused-ring (bicyclic) bond motifs is 5. The lowest BCUT2D eigenvalue weighted by molar-refractivity contribution is -0.126. The fourth-order valence-corrected chi connectivity index (χ4v) is 6.58. The van der Waals surface area contributed by atoms with Gasteiger partial charge >= 0.3 is 6.09 Å². The second kappa shape index (κ2) is 10.8. The number of piperidine rings is 2. The highest BCUT2D eigenvalue weighted by Crippen LogP contribution is 2.45. The molecule has 3 aliphatic rings. The molecule has 2 atom stereocenters. The highest BCUT2D eigenvalue weighted by atomic mass is 16.6. The molecule has 0 aromatic heterocycles. The Bertz CT molecular complexity index is 1020. The number of nitrogens with zero attached hydrogens (tertiary/aromatic N) is 1. The minimum Gasteiger partial charge on any atom is -0.448 e. The van der Waals surface area contributed by atoms with Gasteiger partial charge in [-0.25, -0.2) is 4.79 Å². The average molecular weight is 472 g/mol. The number of carbonyl (C=O) groups excluding carboxylic acids is 2. The second-order valence-electron chi connectivity index (χ2n) is 10.5. The lowest BCUT2D eigenvalue weighted by Crippen LogP contribution is -2.55. The van der Waals surface area contributed by atoms with Crippen LogP contribution in [0.25, 0.3) is 11.1 Å². The highest BCUT2D eigenvalue weighted by molar-refractivity contribution is 5.82. The van der Waals surface area contributed by atoms with Gasteiger partial charge in [-0.2, -0.15) is 0 Å². The third-order valence-electron chi connectivity index (χ3n) is 8.31. The summed E-state index contributed by atoms with van der Waals surface area (Å²) in [6.45, 7) is 4.12. The van der Waals surface area contributed by atoms with Crippen molar-refractivity contribution in [1.82, 2.24) is 4.90 Å². The molecule has 4 heteroatoms. The van der Waals surface area contributed by atoms with Crippen molar-refractivity contribution in [1.29, 1.82) is 0 Å². The predicted molar refractivity (Wildman–Crippen MR) is 139 cm³/mol. The zero-order valence-corrected chi connectivity index (χ0v) is 20.7. The number of ether oxygens (including phenoxy) is 1. The Labute approximate surface area is 209 Å². The minimum atomic E-state index is -0.197. The molecule has 1 amide bonds. The van der Waals surface area contributed by atoms with Gasteiger partial charge in [-0.15, -0.1) is 6.58 Å². The van der Waals surface area contributed by atoms with E-state index >= 15 is 0 Å². The van der Waals surface area contributed by atoms with Crippen molar-refractivity contribution in [3.05, 3.63) is 72.3 Å². The Morgan fingerprint density at radius 1 is 0.914 bits per heavy atom. The molecule has 2 aromatic carbocycles. The third kappa shape index (κ3) is 4.94. The number of amides is 1. The maximum Gasteiger partial charge on any atom is 0.410 e. The quantitative estimate of drug-likeness (QED) is 0.285. The van der Waals surface area contributed by atoms with Crippen LogP contribution in [0.4, 0.5) is 4.79 Å². The molecule has 2 unspecified atom stereocenters. The molecule has 0 saturated carbocycles. The van der Waals surface area contributed by atoms with Crippen LogP contribution in [-0.4, -0.2) is 35.5 Å². The molecule has 2 bridgehead atoms. The van der Waals surface area contributed by atoms with Gasteiger partial charge in [-0.3, -0.25) is 4.79 Å². The zero-order chi connectivity index (χ0) is 24.2. The van der Waals surface area contributed by atoms with Gasteiger partial charge < -0.3 is 9.64 Å². The first-order valence-corrected chi connectivity index (χ1v) is 13.4. The Hall–Kier alpha value is -2.88. The van der Waals surface area contributed by atoms with Crippen LogP contribution < -0.4 is 0 Å². The molecule has 2 fully saturated rings. The second-order valence-corrected chi connectivity index (χ2v) is 10.5. The van der Waals surface area contributed by atoms with E-state index in [-0.39, 0.29) is 30.0 Å². The molecule has 184 valence electrons. The summed E-state index contributed by atoms with van der Waals surface area (Å²) < 4.78 is 6.01. The standard InChI is InChI=1S/C31H37NO3/c1-2-3-4-5-6-18-30(33)22-19-23-12-11-13-24(20-22)32(23)31(34)35-21-29-27-16-9-7-14-25(27)26-15-8-10-17-28(26)29/h2,7-10,14-17,22-24,29H,1,3-6,11-13,18-21H2. The number of ketones is 1. The molecule has 4 nitrogen and oxygen atoms in total. The van der Waals surface area contributed by atoms with Gasteiger partial charge in [0, 0.05) is 30.3 Å². The lowest BCUT2D eigenvalue weighted by Gasteiger charge is -2.47. The van der Waals surface area contributed by atoms with Gasteiger partial charge in [0.15, 0.2) is 0 Å². The topological polar surface area (TPSA) is 46.6 Å². The van der Waals surface area contributed by atoms with Crippen LogP contribution in [0, 0.1) is 5.92 Å². The monoisotopic (exact) mass is 471 g/mol. The summed E-state index contributed by atoms with van der Waals surface area (Å²) in [5.74, 6) is 0.571. The van der Waals surface area contributed by atoms with Crippen molar-refractivity contribution >= 4 is 11.9 Å². The van der Waals surface area contributed by atoms with Crippen molar-refractivity contribution in [3.63, 3.8) is 0 Å². The third-order valence-corrected chi connectivity index (χ3v) is 8.31. The number of rotatable bonds is 9. The first kappa shape index (κ1) is 23.8. The summed E-state index contributed by atoms with van der Waals surface area (Å²) in [5.41, 5.74) is 4.95. The molecular weight excluding hydrogens is 434 g/mol. The summed E-state index contributed by atoms with van der Waals surface area (Å²) in [7, 11) is 0. The van der Waals surface area contributed by atoms with Crippen LogP contribution in [0.5, 0.6) is 0 Å². The highest BCUT2D eigenvalue weighted by Gasteiger charge is 2.43. The van der Waals surface area contributed by atoms with Crippen molar-refractivity contribution in [2.45, 2.75) is 82.2 Å². The van der Waals surface area contributed by atoms with Gasteiger partial charge in [0.1, 0.15) is 12.4 Å². The normalized spacial score (nSPS) is 22.9. The molecule has 0 spiro atoms. The van der Waals surface area contributed by atoms with Gasteiger partial charge in [0.25, 0.3) is 0 Å². The van der Waals surface area contributed by atoms with Crippen LogP contribution in [0.1, 0.15) is 81.3 Å². The average Bonchev–Trinajstić information content (AvgIpc) is 3.20. The molecule has 2 heterocycles. The van der Waals surface area contributed by atoms with Crippen LogP contribution in [0.15, 0.2) is 61.2 Å². The van der Waals surface area contributed by atoms with Crippen LogP contribution >= 0.6 is 0 Å². The SMILES string of the molecule is C=CCCCCCC(=O)C1CC2CCCC(C1)N2C(=O)OCC1c2ccccc2-c2ccccc21. The van der Waals surface area contributed by atoms with E-state index in [0.29, 0.717) is 18.8 Å². The van der Waals surface area contributed by atoms with Gasteiger partial charge in [-0.05, 0) is 73.6 Å². The van der Waals surface area contributed by atoms with Crippen LogP contribution in [0.3, 0.4) is 0 Å². The van der Waals surface area contributed by atoms with E-state index in [1.807, 2.05) is 11.0 Å². The Morgan fingerprint density at radius 2 is 1.54 bits per heavy atom. The fraction of sp³-hybridized carbons (Fsp3) is 0.484. The molecule has 2 aromatic rings. The number of unbranched alkanes of at least 4 members (excludes halogenated alkanes) is 3. The van der Waals surface area contributed by atoms with Crippen molar-refractivity contribution in [3.8, 4) is 11.1 Å². The fourth-order valence-electron chi connectivity index (χ4n) is 6.58. The number of benzene rings is 2. The molecule has 2 aliphatic heterocycles. The smallest absolute Gasteiger partial charge is 0.410 e. The molecular formula is C31H37NO3. The molecule has 5 rings (SSSR count). The van der Waals surface area contributed by atoms with E-state index in [1.165, 1.54) is 22.3 Å². The predicted octanol–water partition coefficient (Wildman–Crippen LogP) is 7.27. The molecule has 1 aliphatic carbocycles. The summed E-state index contributed by atoms with van der Waals surface area (Å²) in [6.07, 6.45) is 11.3. The minimum absolute atomic E-state index is 0.0754. The van der Waals surface area contributed by atoms with Crippen LogP contribution in [0.2, 0.25) is 0 Å². The molecule has 35 heavy (non-hydrogen) atoms. The Kier molecular flexibility index (Phi) is 7.36. The summed E-state index contributed by atoms with van der Waals surface area (Å²) in [5, 5.41) is 0. The first-order chi connectivity index (χ1) is 17.2. The summed E-state index contributed by atoms with van der Waals surface area (Å²) in [6, 6.07) is 17.1. The largest absolute Gasteiger partial charge is 0.448 e. The van der Waals surface area contributed by atoms with E-state index in [4.69, 9.17) is 4.74 Å². The van der Waals surface area contributed by atoms with Gasteiger partial charge in [0.05, 0.1) is 0 Å². The maximum absolute atomic E-state index is 13.4. The van der Waals surface area contributed by atoms with E-state index in [9.17, 15) is 9.59 Å². The Balaban J connectivity index is 1.20. The number of hydrogen-bond donors (Lipinski definition) is 0. The zero-order valence-electron chi connectivity index (χ0n) is 20.7. The Morgan fingerprint density at radius 3 is 2.17 bits per heavy atom. The number of hydrogen-bond acceptors (Lipinski definition) is 3. The van der Waals surface area contributed by atoms with E-state index < -0.39 is 0 Å². The van der Waals surface area contributed by atoms with E-state index in [1.54, 1.807) is 0 Å². The molecule has 0 N–H and O–H groups in total. The summed E-state index contributed by atoms with van der Waals surface area (Å²) >= 11 is 0.